The molecule has 1 nitrogen and oxygen atoms in total. The van der Waals surface area contributed by atoms with Crippen molar-refractivity contribution in [3.63, 3.8) is 0 Å². The van der Waals surface area contributed by atoms with Gasteiger partial charge in [-0.1, -0.05) is 20.8 Å². The summed E-state index contributed by atoms with van der Waals surface area (Å²) in [4.78, 5) is 0. The lowest BCUT2D eigenvalue weighted by Crippen LogP contribution is -2.33. The Morgan fingerprint density at radius 2 is 1.94 bits per heavy atom. The van der Waals surface area contributed by atoms with Gasteiger partial charge >= 0.3 is 6.18 Å². The van der Waals surface area contributed by atoms with Crippen LogP contribution in [0.15, 0.2) is 0 Å². The van der Waals surface area contributed by atoms with Crippen LogP contribution in [0.25, 0.3) is 0 Å². The third-order valence-electron chi connectivity index (χ3n) is 3.71. The number of rotatable bonds is 7. The Labute approximate surface area is 102 Å². The summed E-state index contributed by atoms with van der Waals surface area (Å²) < 4.78 is 36.3. The van der Waals surface area contributed by atoms with Crippen molar-refractivity contribution in [3.05, 3.63) is 0 Å². The Bertz CT molecular complexity index is 235. The molecule has 0 heterocycles. The number of nitrogens with one attached hydrogen (secondary N) is 1. The minimum atomic E-state index is -4.01. The van der Waals surface area contributed by atoms with Crippen molar-refractivity contribution in [1.82, 2.24) is 5.32 Å². The molecule has 0 aromatic carbocycles. The highest BCUT2D eigenvalue weighted by atomic mass is 19.4. The van der Waals surface area contributed by atoms with E-state index in [-0.39, 0.29) is 12.5 Å². The summed E-state index contributed by atoms with van der Waals surface area (Å²) in [5.41, 5.74) is 0.323. The zero-order chi connectivity index (χ0) is 13.1. The fraction of sp³-hybridized carbons (Fsp3) is 1.00. The predicted molar refractivity (Wildman–Crippen MR) is 63.9 cm³/mol. The molecule has 17 heavy (non-hydrogen) atoms. The van der Waals surface area contributed by atoms with E-state index in [1.807, 2.05) is 0 Å². The Kier molecular flexibility index (Phi) is 4.87. The first-order valence-corrected chi connectivity index (χ1v) is 6.56. The van der Waals surface area contributed by atoms with Gasteiger partial charge in [0.25, 0.3) is 0 Å². The maximum absolute atomic E-state index is 12.1. The first-order chi connectivity index (χ1) is 7.76. The van der Waals surface area contributed by atoms with E-state index < -0.39 is 12.6 Å². The van der Waals surface area contributed by atoms with Crippen LogP contribution in [-0.2, 0) is 0 Å². The Morgan fingerprint density at radius 3 is 2.35 bits per heavy atom. The van der Waals surface area contributed by atoms with Crippen LogP contribution in [0.3, 0.4) is 0 Å². The molecule has 0 saturated heterocycles. The molecule has 1 N–H and O–H groups in total. The van der Waals surface area contributed by atoms with E-state index in [4.69, 9.17) is 0 Å². The van der Waals surface area contributed by atoms with E-state index in [9.17, 15) is 13.2 Å². The van der Waals surface area contributed by atoms with Crippen LogP contribution >= 0.6 is 0 Å². The van der Waals surface area contributed by atoms with E-state index >= 15 is 0 Å². The second-order valence-electron chi connectivity index (χ2n) is 5.87. The molecule has 1 aliphatic carbocycles. The van der Waals surface area contributed by atoms with Gasteiger partial charge in [-0.2, -0.15) is 13.2 Å². The van der Waals surface area contributed by atoms with Gasteiger partial charge < -0.3 is 5.32 Å². The van der Waals surface area contributed by atoms with Gasteiger partial charge in [0.15, 0.2) is 0 Å². The normalized spacial score (nSPS) is 24.7. The van der Waals surface area contributed by atoms with Crippen LogP contribution in [0.5, 0.6) is 0 Å². The molecule has 0 aromatic rings. The summed E-state index contributed by atoms with van der Waals surface area (Å²) in [6, 6.07) is 0.271. The van der Waals surface area contributed by atoms with Gasteiger partial charge in [0.1, 0.15) is 0 Å². The van der Waals surface area contributed by atoms with Gasteiger partial charge in [0, 0.05) is 12.5 Å². The highest BCUT2D eigenvalue weighted by Crippen LogP contribution is 2.54. The topological polar surface area (TPSA) is 12.0 Å². The van der Waals surface area contributed by atoms with E-state index in [2.05, 4.69) is 26.1 Å². The summed E-state index contributed by atoms with van der Waals surface area (Å²) in [5, 5.41) is 3.41. The molecular weight excluding hydrogens is 227 g/mol. The first-order valence-electron chi connectivity index (χ1n) is 6.56. The summed E-state index contributed by atoms with van der Waals surface area (Å²) in [6.45, 7) is 7.38. The van der Waals surface area contributed by atoms with E-state index in [1.165, 1.54) is 0 Å². The highest BCUT2D eigenvalue weighted by molar-refractivity contribution is 5.01. The second kappa shape index (κ2) is 5.59. The zero-order valence-electron chi connectivity index (χ0n) is 11.0. The lowest BCUT2D eigenvalue weighted by Gasteiger charge is -2.20. The SMILES string of the molecule is CCCNC(CCCC(F)(F)F)C1CC1(C)C. The van der Waals surface area contributed by atoms with Crippen LogP contribution in [0, 0.1) is 11.3 Å². The Balaban J connectivity index is 2.32. The summed E-state index contributed by atoms with van der Waals surface area (Å²) in [7, 11) is 0. The van der Waals surface area contributed by atoms with Gasteiger partial charge in [-0.3, -0.25) is 0 Å². The molecule has 0 aromatic heterocycles. The van der Waals surface area contributed by atoms with Gasteiger partial charge in [0.05, 0.1) is 0 Å². The fourth-order valence-corrected chi connectivity index (χ4v) is 2.49. The van der Waals surface area contributed by atoms with Crippen molar-refractivity contribution in [3.8, 4) is 0 Å². The third kappa shape index (κ3) is 5.28. The molecule has 1 fully saturated rings. The largest absolute Gasteiger partial charge is 0.389 e. The maximum Gasteiger partial charge on any atom is 0.389 e. The summed E-state index contributed by atoms with van der Waals surface area (Å²) in [6.07, 6.45) is -1.59. The molecule has 2 atom stereocenters. The Hall–Kier alpha value is -0.250. The number of hydrogen-bond acceptors (Lipinski definition) is 1. The maximum atomic E-state index is 12.1. The molecule has 4 heteroatoms. The molecule has 2 unspecified atom stereocenters. The van der Waals surface area contributed by atoms with Crippen molar-refractivity contribution in [2.24, 2.45) is 11.3 Å². The molecule has 0 amide bonds. The van der Waals surface area contributed by atoms with Crippen LogP contribution in [-0.4, -0.2) is 18.8 Å². The summed E-state index contributed by atoms with van der Waals surface area (Å²) >= 11 is 0. The smallest absolute Gasteiger partial charge is 0.314 e. The van der Waals surface area contributed by atoms with Gasteiger partial charge in [0.2, 0.25) is 0 Å². The van der Waals surface area contributed by atoms with Crippen LogP contribution in [0.1, 0.15) is 52.9 Å². The molecule has 0 aliphatic heterocycles. The predicted octanol–water partition coefficient (Wildman–Crippen LogP) is 4.13. The second-order valence-corrected chi connectivity index (χ2v) is 5.87. The van der Waals surface area contributed by atoms with Crippen molar-refractivity contribution < 1.29 is 13.2 Å². The minimum Gasteiger partial charge on any atom is -0.314 e. The Morgan fingerprint density at radius 1 is 1.35 bits per heavy atom. The lowest BCUT2D eigenvalue weighted by atomic mass is 9.99. The average Bonchev–Trinajstić information content (AvgIpc) is 2.79. The van der Waals surface area contributed by atoms with Crippen molar-refractivity contribution >= 4 is 0 Å². The van der Waals surface area contributed by atoms with Gasteiger partial charge in [-0.05, 0) is 43.6 Å². The van der Waals surface area contributed by atoms with E-state index in [0.29, 0.717) is 17.8 Å². The van der Waals surface area contributed by atoms with E-state index in [1.54, 1.807) is 0 Å². The fourth-order valence-electron chi connectivity index (χ4n) is 2.49. The first kappa shape index (κ1) is 14.8. The van der Waals surface area contributed by atoms with Crippen LogP contribution in [0.4, 0.5) is 13.2 Å². The molecule has 102 valence electrons. The van der Waals surface area contributed by atoms with Crippen molar-refractivity contribution in [2.45, 2.75) is 65.1 Å². The number of halogens is 3. The molecule has 1 rings (SSSR count). The third-order valence-corrected chi connectivity index (χ3v) is 3.71. The standard InChI is InChI=1S/C13H24F3N/c1-4-8-17-11(10-9-12(10,2)3)6-5-7-13(14,15)16/h10-11,17H,4-9H2,1-3H3. The monoisotopic (exact) mass is 251 g/mol. The molecule has 0 bridgehead atoms. The number of alkyl halides is 3. The average molecular weight is 251 g/mol. The van der Waals surface area contributed by atoms with E-state index in [0.717, 1.165) is 19.4 Å². The quantitative estimate of drug-likeness (QED) is 0.717. The van der Waals surface area contributed by atoms with Gasteiger partial charge in [-0.25, -0.2) is 0 Å². The molecule has 0 spiro atoms. The lowest BCUT2D eigenvalue weighted by molar-refractivity contribution is -0.135. The van der Waals surface area contributed by atoms with Gasteiger partial charge in [-0.15, -0.1) is 0 Å². The molecule has 1 saturated carbocycles. The van der Waals surface area contributed by atoms with Crippen molar-refractivity contribution in [1.29, 1.82) is 0 Å². The molecule has 0 radical (unpaired) electrons. The zero-order valence-corrected chi connectivity index (χ0v) is 11.0. The van der Waals surface area contributed by atoms with Crippen molar-refractivity contribution in [2.75, 3.05) is 6.54 Å². The summed E-state index contributed by atoms with van der Waals surface area (Å²) in [5.74, 6) is 0.558. The molecular formula is C13H24F3N. The highest BCUT2D eigenvalue weighted by Gasteiger charge is 2.49. The molecule has 1 aliphatic rings. The van der Waals surface area contributed by atoms with Crippen LogP contribution in [0.2, 0.25) is 0 Å². The van der Waals surface area contributed by atoms with Crippen LogP contribution < -0.4 is 5.32 Å². The number of hydrogen-bond donors (Lipinski definition) is 1. The minimum absolute atomic E-state index is 0.247.